The third-order valence-electron chi connectivity index (χ3n) is 2.50. The fourth-order valence-electron chi connectivity index (χ4n) is 1.60. The maximum Gasteiger partial charge on any atom is 0.419 e. The minimum atomic E-state index is -4.53. The Labute approximate surface area is 118 Å². The molecular formula is C14H11F3N2O2. The second-order valence-electron chi connectivity index (χ2n) is 4.07. The number of pyridine rings is 1. The number of rotatable bonds is 4. The number of hydrogen-bond acceptors (Lipinski definition) is 3. The Hall–Kier alpha value is -2.57. The summed E-state index contributed by atoms with van der Waals surface area (Å²) in [6.07, 6.45) is -1.58. The molecule has 1 heterocycles. The first-order valence-electron chi connectivity index (χ1n) is 5.96. The lowest BCUT2D eigenvalue weighted by atomic mass is 10.2. The average Bonchev–Trinajstić information content (AvgIpc) is 2.45. The van der Waals surface area contributed by atoms with E-state index in [4.69, 9.17) is 4.74 Å². The number of para-hydroxylation sites is 1. The summed E-state index contributed by atoms with van der Waals surface area (Å²) in [7, 11) is 0. The zero-order chi connectivity index (χ0) is 15.3. The smallest absolute Gasteiger partial charge is 0.419 e. The Kier molecular flexibility index (Phi) is 4.42. The van der Waals surface area contributed by atoms with Crippen LogP contribution in [0.3, 0.4) is 0 Å². The van der Waals surface area contributed by atoms with Crippen molar-refractivity contribution in [3.63, 3.8) is 0 Å². The molecule has 21 heavy (non-hydrogen) atoms. The molecule has 0 saturated carbocycles. The highest BCUT2D eigenvalue weighted by Gasteiger charge is 2.34. The molecule has 1 aromatic carbocycles. The summed E-state index contributed by atoms with van der Waals surface area (Å²) in [5.41, 5.74) is -0.477. The van der Waals surface area contributed by atoms with Crippen LogP contribution in [0.2, 0.25) is 0 Å². The Balaban J connectivity index is 1.99. The van der Waals surface area contributed by atoms with Gasteiger partial charge in [-0.05, 0) is 24.3 Å². The van der Waals surface area contributed by atoms with Gasteiger partial charge in [-0.25, -0.2) is 0 Å². The van der Waals surface area contributed by atoms with Gasteiger partial charge in [-0.3, -0.25) is 9.78 Å². The number of nitrogens with zero attached hydrogens (tertiary/aromatic N) is 1. The topological polar surface area (TPSA) is 51.2 Å². The first-order chi connectivity index (χ1) is 9.97. The first-order valence-corrected chi connectivity index (χ1v) is 5.96. The van der Waals surface area contributed by atoms with Gasteiger partial charge in [0.15, 0.2) is 6.61 Å². The summed E-state index contributed by atoms with van der Waals surface area (Å²) >= 11 is 0. The van der Waals surface area contributed by atoms with Gasteiger partial charge in [-0.2, -0.15) is 13.2 Å². The quantitative estimate of drug-likeness (QED) is 0.943. The lowest BCUT2D eigenvalue weighted by Gasteiger charge is -2.13. The number of amides is 1. The van der Waals surface area contributed by atoms with Crippen LogP contribution in [0.4, 0.5) is 18.9 Å². The standard InChI is InChI=1S/C14H11F3N2O2/c15-14(16,17)11-5-1-2-6-12(11)21-9-13(20)19-10-4-3-7-18-8-10/h1-8H,9H2,(H,19,20). The van der Waals surface area contributed by atoms with Gasteiger partial charge in [0.05, 0.1) is 17.4 Å². The Morgan fingerprint density at radius 3 is 2.62 bits per heavy atom. The van der Waals surface area contributed by atoms with E-state index >= 15 is 0 Å². The predicted molar refractivity (Wildman–Crippen MR) is 69.8 cm³/mol. The van der Waals surface area contributed by atoms with Crippen LogP contribution in [0, 0.1) is 0 Å². The summed E-state index contributed by atoms with van der Waals surface area (Å²) < 4.78 is 43.1. The van der Waals surface area contributed by atoms with E-state index in [1.54, 1.807) is 12.1 Å². The van der Waals surface area contributed by atoms with Crippen LogP contribution in [0.15, 0.2) is 48.8 Å². The molecule has 0 unspecified atom stereocenters. The molecule has 0 aliphatic heterocycles. The zero-order valence-electron chi connectivity index (χ0n) is 10.7. The number of anilines is 1. The number of nitrogens with one attached hydrogen (secondary N) is 1. The van der Waals surface area contributed by atoms with Gasteiger partial charge in [0.25, 0.3) is 5.91 Å². The summed E-state index contributed by atoms with van der Waals surface area (Å²) in [5, 5.41) is 2.46. The number of carbonyl (C=O) groups is 1. The molecule has 0 fully saturated rings. The van der Waals surface area contributed by atoms with Crippen molar-refractivity contribution in [3.8, 4) is 5.75 Å². The average molecular weight is 296 g/mol. The molecule has 0 bridgehead atoms. The Morgan fingerprint density at radius 1 is 1.19 bits per heavy atom. The SMILES string of the molecule is O=C(COc1ccccc1C(F)(F)F)Nc1cccnc1. The maximum atomic E-state index is 12.7. The summed E-state index contributed by atoms with van der Waals surface area (Å²) in [5.74, 6) is -0.952. The van der Waals surface area contributed by atoms with Crippen LogP contribution in [0.25, 0.3) is 0 Å². The number of ether oxygens (including phenoxy) is 1. The molecule has 1 N–H and O–H groups in total. The molecule has 0 aliphatic carbocycles. The van der Waals surface area contributed by atoms with Crippen molar-refractivity contribution in [2.75, 3.05) is 11.9 Å². The molecule has 1 aromatic heterocycles. The van der Waals surface area contributed by atoms with Gasteiger partial charge < -0.3 is 10.1 Å². The van der Waals surface area contributed by atoms with Gasteiger partial charge in [-0.1, -0.05) is 12.1 Å². The molecular weight excluding hydrogens is 285 g/mol. The van der Waals surface area contributed by atoms with Crippen molar-refractivity contribution in [3.05, 3.63) is 54.4 Å². The van der Waals surface area contributed by atoms with E-state index in [0.29, 0.717) is 5.69 Å². The van der Waals surface area contributed by atoms with E-state index in [-0.39, 0.29) is 5.75 Å². The molecule has 1 amide bonds. The number of hydrogen-bond donors (Lipinski definition) is 1. The highest BCUT2D eigenvalue weighted by atomic mass is 19.4. The minimum Gasteiger partial charge on any atom is -0.483 e. The summed E-state index contributed by atoms with van der Waals surface area (Å²) in [6.45, 7) is -0.526. The highest BCUT2D eigenvalue weighted by Crippen LogP contribution is 2.35. The summed E-state index contributed by atoms with van der Waals surface area (Å²) in [6, 6.07) is 7.95. The van der Waals surface area contributed by atoms with E-state index in [2.05, 4.69) is 10.3 Å². The molecule has 0 saturated heterocycles. The van der Waals surface area contributed by atoms with Crippen LogP contribution >= 0.6 is 0 Å². The molecule has 7 heteroatoms. The van der Waals surface area contributed by atoms with Crippen molar-refractivity contribution in [2.45, 2.75) is 6.18 Å². The second kappa shape index (κ2) is 6.25. The molecule has 4 nitrogen and oxygen atoms in total. The second-order valence-corrected chi connectivity index (χ2v) is 4.07. The number of aromatic nitrogens is 1. The van der Waals surface area contributed by atoms with Crippen LogP contribution in [0.5, 0.6) is 5.75 Å². The van der Waals surface area contributed by atoms with Crippen LogP contribution in [-0.2, 0) is 11.0 Å². The largest absolute Gasteiger partial charge is 0.483 e. The van der Waals surface area contributed by atoms with Crippen molar-refractivity contribution in [1.82, 2.24) is 4.98 Å². The fraction of sp³-hybridized carbons (Fsp3) is 0.143. The van der Waals surface area contributed by atoms with Crippen molar-refractivity contribution in [1.29, 1.82) is 0 Å². The number of halogens is 3. The van der Waals surface area contributed by atoms with E-state index in [1.807, 2.05) is 0 Å². The monoisotopic (exact) mass is 296 g/mol. The molecule has 0 aliphatic rings. The zero-order valence-corrected chi connectivity index (χ0v) is 10.7. The number of carbonyl (C=O) groups excluding carboxylic acids is 1. The van der Waals surface area contributed by atoms with Crippen molar-refractivity contribution < 1.29 is 22.7 Å². The first kappa shape index (κ1) is 14.8. The van der Waals surface area contributed by atoms with Gasteiger partial charge in [0, 0.05) is 6.20 Å². The Morgan fingerprint density at radius 2 is 1.95 bits per heavy atom. The van der Waals surface area contributed by atoms with Gasteiger partial charge in [0.2, 0.25) is 0 Å². The molecule has 2 aromatic rings. The van der Waals surface area contributed by atoms with Crippen LogP contribution in [-0.4, -0.2) is 17.5 Å². The molecule has 110 valence electrons. The van der Waals surface area contributed by atoms with E-state index in [1.165, 1.54) is 30.6 Å². The Bertz CT molecular complexity index is 615. The van der Waals surface area contributed by atoms with Crippen molar-refractivity contribution in [2.24, 2.45) is 0 Å². The third-order valence-corrected chi connectivity index (χ3v) is 2.50. The lowest BCUT2D eigenvalue weighted by Crippen LogP contribution is -2.21. The van der Waals surface area contributed by atoms with Crippen LogP contribution < -0.4 is 10.1 Å². The number of alkyl halides is 3. The van der Waals surface area contributed by atoms with Crippen molar-refractivity contribution >= 4 is 11.6 Å². The van der Waals surface area contributed by atoms with Gasteiger partial charge >= 0.3 is 6.18 Å². The molecule has 0 spiro atoms. The van der Waals surface area contributed by atoms with E-state index < -0.39 is 24.3 Å². The number of benzene rings is 1. The molecule has 0 radical (unpaired) electrons. The normalized spacial score (nSPS) is 11.0. The summed E-state index contributed by atoms with van der Waals surface area (Å²) in [4.78, 5) is 15.4. The van der Waals surface area contributed by atoms with E-state index in [9.17, 15) is 18.0 Å². The fourth-order valence-corrected chi connectivity index (χ4v) is 1.60. The minimum absolute atomic E-state index is 0.383. The lowest BCUT2D eigenvalue weighted by molar-refractivity contribution is -0.139. The van der Waals surface area contributed by atoms with Crippen LogP contribution in [0.1, 0.15) is 5.56 Å². The molecule has 0 atom stereocenters. The molecule has 2 rings (SSSR count). The van der Waals surface area contributed by atoms with E-state index in [0.717, 1.165) is 6.07 Å². The third kappa shape index (κ3) is 4.20. The van der Waals surface area contributed by atoms with Gasteiger partial charge in [0.1, 0.15) is 5.75 Å². The predicted octanol–water partition coefficient (Wildman–Crippen LogP) is 3.12. The highest BCUT2D eigenvalue weighted by molar-refractivity contribution is 5.91. The van der Waals surface area contributed by atoms with Gasteiger partial charge in [-0.15, -0.1) is 0 Å². The maximum absolute atomic E-state index is 12.7.